The molecule has 0 atom stereocenters. The molecule has 0 fully saturated rings. The van der Waals surface area contributed by atoms with Gasteiger partial charge in [0, 0.05) is 25.4 Å². The Balaban J connectivity index is 2.17. The summed E-state index contributed by atoms with van der Waals surface area (Å²) in [5.41, 5.74) is 8.78. The van der Waals surface area contributed by atoms with E-state index in [1.807, 2.05) is 20.2 Å². The summed E-state index contributed by atoms with van der Waals surface area (Å²) < 4.78 is 24.2. The van der Waals surface area contributed by atoms with Crippen LogP contribution >= 0.6 is 0 Å². The van der Waals surface area contributed by atoms with Crippen molar-refractivity contribution in [3.8, 4) is 0 Å². The van der Waals surface area contributed by atoms with E-state index in [0.717, 1.165) is 11.3 Å². The van der Waals surface area contributed by atoms with Crippen molar-refractivity contribution in [3.05, 3.63) is 35.7 Å². The number of hydrogen-bond acceptors (Lipinski definition) is 5. The molecule has 0 bridgehead atoms. The molecule has 0 saturated heterocycles. The maximum Gasteiger partial charge on any atom is 0.238 e. The van der Waals surface area contributed by atoms with Gasteiger partial charge in [0.05, 0.1) is 22.0 Å². The minimum atomic E-state index is -3.73. The van der Waals surface area contributed by atoms with Gasteiger partial charge < -0.3 is 11.1 Å². The zero-order valence-corrected chi connectivity index (χ0v) is 12.1. The molecule has 8 heteroatoms. The second-order valence-corrected chi connectivity index (χ2v) is 6.12. The van der Waals surface area contributed by atoms with Crippen LogP contribution < -0.4 is 16.2 Å². The number of sulfonamides is 1. The number of nitrogens with zero attached hydrogens (tertiary/aromatic N) is 2. The number of benzene rings is 1. The van der Waals surface area contributed by atoms with Crippen LogP contribution in [0.1, 0.15) is 11.3 Å². The van der Waals surface area contributed by atoms with Gasteiger partial charge in [-0.1, -0.05) is 0 Å². The van der Waals surface area contributed by atoms with Crippen molar-refractivity contribution < 1.29 is 8.42 Å². The van der Waals surface area contributed by atoms with Crippen LogP contribution in [0, 0.1) is 6.92 Å². The van der Waals surface area contributed by atoms with Crippen LogP contribution in [0.5, 0.6) is 0 Å². The maximum absolute atomic E-state index is 11.2. The van der Waals surface area contributed by atoms with E-state index in [9.17, 15) is 8.42 Å². The van der Waals surface area contributed by atoms with Crippen molar-refractivity contribution >= 4 is 21.4 Å². The molecule has 1 aromatic heterocycles. The Morgan fingerprint density at radius 1 is 1.40 bits per heavy atom. The highest BCUT2D eigenvalue weighted by atomic mass is 32.2. The Labute approximate surface area is 117 Å². The number of nitrogens with two attached hydrogens (primary N) is 2. The molecule has 1 aromatic carbocycles. The van der Waals surface area contributed by atoms with Gasteiger partial charge in [-0.25, -0.2) is 13.6 Å². The first kappa shape index (κ1) is 14.4. The van der Waals surface area contributed by atoms with Crippen molar-refractivity contribution in [1.29, 1.82) is 0 Å². The quantitative estimate of drug-likeness (QED) is 0.713. The third-order valence-corrected chi connectivity index (χ3v) is 3.85. The average Bonchev–Trinajstić information content (AvgIpc) is 2.65. The standard InChI is InChI=1S/C12H17N5O2S/c1-8-9(7-17(2)16-8)6-15-12-4-3-10(5-11(12)13)20(14,18)19/h3-5,7,15H,6,13H2,1-2H3,(H2,14,18,19). The second kappa shape index (κ2) is 5.14. The highest BCUT2D eigenvalue weighted by Crippen LogP contribution is 2.22. The molecule has 0 radical (unpaired) electrons. The van der Waals surface area contributed by atoms with Gasteiger partial charge in [0.15, 0.2) is 0 Å². The summed E-state index contributed by atoms with van der Waals surface area (Å²) in [5.74, 6) is 0. The van der Waals surface area contributed by atoms with E-state index in [1.54, 1.807) is 10.7 Å². The van der Waals surface area contributed by atoms with Crippen LogP contribution in [0.15, 0.2) is 29.3 Å². The van der Waals surface area contributed by atoms with E-state index < -0.39 is 10.0 Å². The number of anilines is 2. The highest BCUT2D eigenvalue weighted by Gasteiger charge is 2.10. The summed E-state index contributed by atoms with van der Waals surface area (Å²) in [6.07, 6.45) is 1.91. The molecule has 0 aliphatic carbocycles. The van der Waals surface area contributed by atoms with Gasteiger partial charge in [-0.15, -0.1) is 0 Å². The number of hydrogen-bond donors (Lipinski definition) is 3. The van der Waals surface area contributed by atoms with Gasteiger partial charge in [-0.2, -0.15) is 5.10 Å². The lowest BCUT2D eigenvalue weighted by molar-refractivity contribution is 0.598. The largest absolute Gasteiger partial charge is 0.397 e. The lowest BCUT2D eigenvalue weighted by Crippen LogP contribution is -2.13. The molecule has 0 saturated carbocycles. The van der Waals surface area contributed by atoms with E-state index in [0.29, 0.717) is 17.9 Å². The Bertz CT molecular complexity index is 736. The predicted molar refractivity (Wildman–Crippen MR) is 77.5 cm³/mol. The molecule has 20 heavy (non-hydrogen) atoms. The number of nitrogens with one attached hydrogen (secondary N) is 1. The van der Waals surface area contributed by atoms with Crippen LogP contribution in [-0.4, -0.2) is 18.2 Å². The van der Waals surface area contributed by atoms with Gasteiger partial charge in [0.1, 0.15) is 0 Å². The van der Waals surface area contributed by atoms with Gasteiger partial charge in [0.2, 0.25) is 10.0 Å². The molecule has 7 nitrogen and oxygen atoms in total. The zero-order valence-electron chi connectivity index (χ0n) is 11.3. The fourth-order valence-electron chi connectivity index (χ4n) is 1.89. The molecule has 1 heterocycles. The van der Waals surface area contributed by atoms with Crippen molar-refractivity contribution in [3.63, 3.8) is 0 Å². The Kier molecular flexibility index (Phi) is 3.69. The smallest absolute Gasteiger partial charge is 0.238 e. The molecular formula is C12H17N5O2S. The summed E-state index contributed by atoms with van der Waals surface area (Å²) in [5, 5.41) is 12.4. The molecular weight excluding hydrogens is 278 g/mol. The third-order valence-electron chi connectivity index (χ3n) is 2.94. The Hall–Kier alpha value is -2.06. The molecule has 108 valence electrons. The molecule has 0 aliphatic heterocycles. The summed E-state index contributed by atoms with van der Waals surface area (Å²) in [6, 6.07) is 4.36. The minimum Gasteiger partial charge on any atom is -0.397 e. The van der Waals surface area contributed by atoms with E-state index >= 15 is 0 Å². The third kappa shape index (κ3) is 3.09. The first-order valence-electron chi connectivity index (χ1n) is 5.92. The van der Waals surface area contributed by atoms with Crippen molar-refractivity contribution in [2.45, 2.75) is 18.4 Å². The van der Waals surface area contributed by atoms with Crippen LogP contribution in [0.3, 0.4) is 0 Å². The predicted octanol–water partition coefficient (Wildman–Crippen LogP) is 0.570. The zero-order chi connectivity index (χ0) is 14.9. The maximum atomic E-state index is 11.2. The molecule has 0 aliphatic rings. The number of nitrogen functional groups attached to an aromatic ring is 1. The molecule has 2 aromatic rings. The SMILES string of the molecule is Cc1nn(C)cc1CNc1ccc(S(N)(=O)=O)cc1N. The van der Waals surface area contributed by atoms with Crippen LogP contribution in [0.25, 0.3) is 0 Å². The average molecular weight is 295 g/mol. The number of aryl methyl sites for hydroxylation is 2. The topological polar surface area (TPSA) is 116 Å². The summed E-state index contributed by atoms with van der Waals surface area (Å²) >= 11 is 0. The van der Waals surface area contributed by atoms with E-state index in [1.165, 1.54) is 12.1 Å². The van der Waals surface area contributed by atoms with Gasteiger partial charge in [0.25, 0.3) is 0 Å². The fraction of sp³-hybridized carbons (Fsp3) is 0.250. The molecule has 0 amide bonds. The summed E-state index contributed by atoms with van der Waals surface area (Å²) in [4.78, 5) is -0.00175. The Morgan fingerprint density at radius 2 is 2.10 bits per heavy atom. The van der Waals surface area contributed by atoms with Gasteiger partial charge >= 0.3 is 0 Å². The highest BCUT2D eigenvalue weighted by molar-refractivity contribution is 7.89. The van der Waals surface area contributed by atoms with Crippen molar-refractivity contribution in [1.82, 2.24) is 9.78 Å². The lowest BCUT2D eigenvalue weighted by atomic mass is 10.2. The first-order chi connectivity index (χ1) is 9.27. The monoisotopic (exact) mass is 295 g/mol. The molecule has 2 rings (SSSR count). The Morgan fingerprint density at radius 3 is 2.60 bits per heavy atom. The van der Waals surface area contributed by atoms with Crippen LogP contribution in [-0.2, 0) is 23.6 Å². The second-order valence-electron chi connectivity index (χ2n) is 4.56. The van der Waals surface area contributed by atoms with Crippen LogP contribution in [0.4, 0.5) is 11.4 Å². The summed E-state index contributed by atoms with van der Waals surface area (Å²) in [6.45, 7) is 2.48. The fourth-order valence-corrected chi connectivity index (χ4v) is 2.44. The summed E-state index contributed by atoms with van der Waals surface area (Å²) in [7, 11) is -1.88. The number of rotatable bonds is 4. The van der Waals surface area contributed by atoms with E-state index in [4.69, 9.17) is 10.9 Å². The minimum absolute atomic E-state index is 0.00175. The molecule has 0 unspecified atom stereocenters. The van der Waals surface area contributed by atoms with Gasteiger partial charge in [-0.05, 0) is 25.1 Å². The molecule has 0 spiro atoms. The van der Waals surface area contributed by atoms with Crippen molar-refractivity contribution in [2.75, 3.05) is 11.1 Å². The van der Waals surface area contributed by atoms with E-state index in [-0.39, 0.29) is 4.90 Å². The number of aromatic nitrogens is 2. The lowest BCUT2D eigenvalue weighted by Gasteiger charge is -2.10. The first-order valence-corrected chi connectivity index (χ1v) is 7.47. The van der Waals surface area contributed by atoms with Crippen molar-refractivity contribution in [2.24, 2.45) is 12.2 Å². The molecule has 5 N–H and O–H groups in total. The van der Waals surface area contributed by atoms with Crippen LogP contribution in [0.2, 0.25) is 0 Å². The van der Waals surface area contributed by atoms with E-state index in [2.05, 4.69) is 10.4 Å². The normalized spacial score (nSPS) is 11.6. The van der Waals surface area contributed by atoms with Gasteiger partial charge in [-0.3, -0.25) is 4.68 Å². The number of primary sulfonamides is 1.